The highest BCUT2D eigenvalue weighted by Crippen LogP contribution is 2.40. The van der Waals surface area contributed by atoms with E-state index in [9.17, 15) is 4.79 Å². The number of hydrogen-bond donors (Lipinski definition) is 1. The maximum atomic E-state index is 12.8. The van der Waals surface area contributed by atoms with Gasteiger partial charge < -0.3 is 15.1 Å². The SMILES string of the molecule is CN1CCN(C(=O)C2CC3=C(CCC(c4ccccc4)C3)N2)CC1. The van der Waals surface area contributed by atoms with Crippen LogP contribution in [0.2, 0.25) is 0 Å². The Bertz CT molecular complexity index is 632. The summed E-state index contributed by atoms with van der Waals surface area (Å²) in [5.41, 5.74) is 4.29. The molecule has 24 heavy (non-hydrogen) atoms. The minimum absolute atomic E-state index is 0.0204. The zero-order chi connectivity index (χ0) is 16.5. The van der Waals surface area contributed by atoms with Crippen LogP contribution < -0.4 is 5.32 Å². The van der Waals surface area contributed by atoms with Crippen LogP contribution in [0.25, 0.3) is 0 Å². The highest BCUT2D eigenvalue weighted by atomic mass is 16.2. The fourth-order valence-electron chi connectivity index (χ4n) is 4.31. The Balaban J connectivity index is 1.38. The topological polar surface area (TPSA) is 35.6 Å². The molecule has 1 amide bonds. The smallest absolute Gasteiger partial charge is 0.245 e. The summed E-state index contributed by atoms with van der Waals surface area (Å²) >= 11 is 0. The van der Waals surface area contributed by atoms with Gasteiger partial charge in [0, 0.05) is 31.9 Å². The van der Waals surface area contributed by atoms with Crippen molar-refractivity contribution < 1.29 is 4.79 Å². The van der Waals surface area contributed by atoms with Gasteiger partial charge in [0.15, 0.2) is 0 Å². The van der Waals surface area contributed by atoms with Gasteiger partial charge in [-0.3, -0.25) is 4.79 Å². The maximum absolute atomic E-state index is 12.8. The van der Waals surface area contributed by atoms with Crippen LogP contribution in [0.4, 0.5) is 0 Å². The minimum atomic E-state index is -0.0204. The van der Waals surface area contributed by atoms with Gasteiger partial charge in [-0.2, -0.15) is 0 Å². The summed E-state index contributed by atoms with van der Waals surface area (Å²) in [7, 11) is 2.12. The van der Waals surface area contributed by atoms with Gasteiger partial charge in [-0.05, 0) is 49.8 Å². The fraction of sp³-hybridized carbons (Fsp3) is 0.550. The van der Waals surface area contributed by atoms with Crippen LogP contribution in [-0.4, -0.2) is 55.0 Å². The fourth-order valence-corrected chi connectivity index (χ4v) is 4.31. The molecule has 2 aliphatic heterocycles. The maximum Gasteiger partial charge on any atom is 0.245 e. The molecule has 0 saturated carbocycles. The molecule has 4 nitrogen and oxygen atoms in total. The van der Waals surface area contributed by atoms with Crippen molar-refractivity contribution >= 4 is 5.91 Å². The van der Waals surface area contributed by atoms with E-state index in [1.807, 2.05) is 4.90 Å². The van der Waals surface area contributed by atoms with Crippen molar-refractivity contribution in [3.8, 4) is 0 Å². The molecule has 0 bridgehead atoms. The predicted molar refractivity (Wildman–Crippen MR) is 95.7 cm³/mol. The van der Waals surface area contributed by atoms with E-state index in [0.29, 0.717) is 11.8 Å². The summed E-state index contributed by atoms with van der Waals surface area (Å²) in [5, 5.41) is 3.55. The highest BCUT2D eigenvalue weighted by molar-refractivity contribution is 5.83. The third-order valence-corrected chi connectivity index (χ3v) is 5.85. The molecule has 1 fully saturated rings. The first-order chi connectivity index (χ1) is 11.7. The van der Waals surface area contributed by atoms with E-state index in [1.165, 1.54) is 23.3 Å². The van der Waals surface area contributed by atoms with E-state index in [0.717, 1.165) is 45.4 Å². The number of nitrogens with zero attached hydrogens (tertiary/aromatic N) is 2. The molecule has 2 unspecified atom stereocenters. The van der Waals surface area contributed by atoms with Crippen LogP contribution in [0.1, 0.15) is 37.2 Å². The second-order valence-electron chi connectivity index (χ2n) is 7.46. The van der Waals surface area contributed by atoms with E-state index < -0.39 is 0 Å². The normalized spacial score (nSPS) is 27.8. The molecule has 1 saturated heterocycles. The molecule has 1 aromatic rings. The molecule has 128 valence electrons. The Hall–Kier alpha value is -1.81. The molecule has 1 aromatic carbocycles. The zero-order valence-corrected chi connectivity index (χ0v) is 14.5. The number of allylic oxidation sites excluding steroid dienone is 1. The largest absolute Gasteiger partial charge is 0.377 e. The number of nitrogens with one attached hydrogen (secondary N) is 1. The van der Waals surface area contributed by atoms with E-state index in [2.05, 4.69) is 47.6 Å². The molecule has 1 aliphatic carbocycles. The van der Waals surface area contributed by atoms with Gasteiger partial charge in [-0.1, -0.05) is 30.3 Å². The second-order valence-corrected chi connectivity index (χ2v) is 7.46. The summed E-state index contributed by atoms with van der Waals surface area (Å²) in [4.78, 5) is 17.2. The number of rotatable bonds is 2. The molecule has 4 rings (SSSR count). The Morgan fingerprint density at radius 2 is 1.83 bits per heavy atom. The first-order valence-electron chi connectivity index (χ1n) is 9.20. The first-order valence-corrected chi connectivity index (χ1v) is 9.20. The second kappa shape index (κ2) is 6.60. The molecule has 3 aliphatic rings. The van der Waals surface area contributed by atoms with Crippen molar-refractivity contribution in [1.82, 2.24) is 15.1 Å². The third kappa shape index (κ3) is 3.07. The van der Waals surface area contributed by atoms with E-state index in [-0.39, 0.29) is 6.04 Å². The summed E-state index contributed by atoms with van der Waals surface area (Å²) in [6, 6.07) is 10.8. The lowest BCUT2D eigenvalue weighted by Crippen LogP contribution is -2.52. The van der Waals surface area contributed by atoms with Crippen molar-refractivity contribution in [2.24, 2.45) is 0 Å². The van der Waals surface area contributed by atoms with Crippen LogP contribution in [0.5, 0.6) is 0 Å². The predicted octanol–water partition coefficient (Wildman–Crippen LogP) is 2.34. The number of amides is 1. The van der Waals surface area contributed by atoms with Crippen molar-refractivity contribution in [2.45, 2.75) is 37.6 Å². The number of carbonyl (C=O) groups excluding carboxylic acids is 1. The van der Waals surface area contributed by atoms with Gasteiger partial charge in [-0.25, -0.2) is 0 Å². The van der Waals surface area contributed by atoms with E-state index >= 15 is 0 Å². The Labute approximate surface area is 144 Å². The van der Waals surface area contributed by atoms with Gasteiger partial charge in [0.1, 0.15) is 6.04 Å². The lowest BCUT2D eigenvalue weighted by atomic mass is 9.82. The molecule has 1 N–H and O–H groups in total. The van der Waals surface area contributed by atoms with Crippen LogP contribution >= 0.6 is 0 Å². The van der Waals surface area contributed by atoms with Gasteiger partial charge in [-0.15, -0.1) is 0 Å². The standard InChI is InChI=1S/C20H27N3O/c1-22-9-11-23(12-10-22)20(24)19-14-17-13-16(7-8-18(17)21-19)15-5-3-2-4-6-15/h2-6,16,19,21H,7-14H2,1H3. The van der Waals surface area contributed by atoms with E-state index in [4.69, 9.17) is 0 Å². The minimum Gasteiger partial charge on any atom is -0.377 e. The summed E-state index contributed by atoms with van der Waals surface area (Å²) in [5.74, 6) is 0.915. The lowest BCUT2D eigenvalue weighted by Gasteiger charge is -2.34. The van der Waals surface area contributed by atoms with Crippen molar-refractivity contribution in [1.29, 1.82) is 0 Å². The van der Waals surface area contributed by atoms with Crippen LogP contribution in [0, 0.1) is 0 Å². The number of carbonyl (C=O) groups is 1. The number of likely N-dealkylation sites (N-methyl/N-ethyl adjacent to an activating group) is 1. The number of hydrogen-bond acceptors (Lipinski definition) is 3. The molecular weight excluding hydrogens is 298 g/mol. The first kappa shape index (κ1) is 15.7. The third-order valence-electron chi connectivity index (χ3n) is 5.85. The molecule has 2 heterocycles. The van der Waals surface area contributed by atoms with Gasteiger partial charge in [0.2, 0.25) is 5.91 Å². The molecule has 2 atom stereocenters. The summed E-state index contributed by atoms with van der Waals surface area (Å²) in [6.45, 7) is 3.71. The highest BCUT2D eigenvalue weighted by Gasteiger charge is 2.35. The molecule has 4 heteroatoms. The Kier molecular flexibility index (Phi) is 4.31. The molecular formula is C20H27N3O. The van der Waals surface area contributed by atoms with Crippen molar-refractivity contribution in [3.63, 3.8) is 0 Å². The molecule has 0 spiro atoms. The average Bonchev–Trinajstić information content (AvgIpc) is 3.06. The summed E-state index contributed by atoms with van der Waals surface area (Å²) < 4.78 is 0. The number of piperazine rings is 1. The monoisotopic (exact) mass is 325 g/mol. The molecule has 0 aromatic heterocycles. The van der Waals surface area contributed by atoms with Crippen LogP contribution in [0.3, 0.4) is 0 Å². The lowest BCUT2D eigenvalue weighted by molar-refractivity contribution is -0.134. The summed E-state index contributed by atoms with van der Waals surface area (Å²) in [6.07, 6.45) is 4.29. The zero-order valence-electron chi connectivity index (χ0n) is 14.5. The number of benzene rings is 1. The van der Waals surface area contributed by atoms with Gasteiger partial charge >= 0.3 is 0 Å². The van der Waals surface area contributed by atoms with Gasteiger partial charge in [0.05, 0.1) is 0 Å². The van der Waals surface area contributed by atoms with E-state index in [1.54, 1.807) is 0 Å². The van der Waals surface area contributed by atoms with Gasteiger partial charge in [0.25, 0.3) is 0 Å². The Morgan fingerprint density at radius 3 is 2.58 bits per heavy atom. The van der Waals surface area contributed by atoms with Crippen LogP contribution in [0.15, 0.2) is 41.6 Å². The van der Waals surface area contributed by atoms with Crippen molar-refractivity contribution in [2.75, 3.05) is 33.2 Å². The van der Waals surface area contributed by atoms with Crippen LogP contribution in [-0.2, 0) is 4.79 Å². The molecule has 0 radical (unpaired) electrons. The average molecular weight is 325 g/mol. The quantitative estimate of drug-likeness (QED) is 0.906. The Morgan fingerprint density at radius 1 is 1.08 bits per heavy atom. The van der Waals surface area contributed by atoms with Crippen molar-refractivity contribution in [3.05, 3.63) is 47.2 Å².